The summed E-state index contributed by atoms with van der Waals surface area (Å²) in [5.74, 6) is 0.280. The lowest BCUT2D eigenvalue weighted by Crippen LogP contribution is -2.67. The number of carbonyl (C=O) groups is 1. The van der Waals surface area contributed by atoms with Crippen LogP contribution < -0.4 is 35.8 Å². The first kappa shape index (κ1) is 35.4. The smallest absolute Gasteiger partial charge is 0.338 e. The molecule has 13 heteroatoms. The predicted molar refractivity (Wildman–Crippen MR) is 191 cm³/mol. The number of hydrogen-bond acceptors (Lipinski definition) is 9. The molecular formula is C35H39IN2O9Si. The zero-order valence-corrected chi connectivity index (χ0v) is 30.8. The zero-order valence-electron chi connectivity index (χ0n) is 27.7. The van der Waals surface area contributed by atoms with Crippen molar-refractivity contribution < 1.29 is 32.9 Å². The summed E-state index contributed by atoms with van der Waals surface area (Å²) in [6, 6.07) is 23.4. The van der Waals surface area contributed by atoms with Gasteiger partial charge < -0.3 is 28.1 Å². The van der Waals surface area contributed by atoms with Crippen molar-refractivity contribution in [1.82, 2.24) is 9.55 Å². The Labute approximate surface area is 293 Å². The molecule has 2 heterocycles. The Morgan fingerprint density at radius 2 is 1.50 bits per heavy atom. The van der Waals surface area contributed by atoms with Crippen LogP contribution >= 0.6 is 22.6 Å². The second-order valence-electron chi connectivity index (χ2n) is 12.3. The van der Waals surface area contributed by atoms with Gasteiger partial charge in [0, 0.05) is 12.6 Å². The number of carbonyl (C=O) groups excluding carboxylic acids is 1. The van der Waals surface area contributed by atoms with Gasteiger partial charge in [0.1, 0.15) is 18.4 Å². The van der Waals surface area contributed by atoms with E-state index in [1.54, 1.807) is 0 Å². The maximum absolute atomic E-state index is 13.7. The van der Waals surface area contributed by atoms with Gasteiger partial charge in [-0.2, -0.15) is 0 Å². The SMILES string of the molecule is COc1cc(C(=O)O[C@H]2C[C@H](n3cc(I)c(=O)[nH]c3=O)O[C@@H]2CO[Si](c2ccccc2)(c2ccccc2)C(C)(C)C)cc(OC)c1OC. The molecule has 0 amide bonds. The molecule has 1 aromatic heterocycles. The molecule has 4 aromatic rings. The van der Waals surface area contributed by atoms with Gasteiger partial charge >= 0.3 is 11.7 Å². The average Bonchev–Trinajstić information content (AvgIpc) is 3.48. The minimum atomic E-state index is -3.00. The molecule has 1 N–H and O–H groups in total. The van der Waals surface area contributed by atoms with Crippen molar-refractivity contribution in [2.24, 2.45) is 0 Å². The van der Waals surface area contributed by atoms with Gasteiger partial charge in [0.25, 0.3) is 13.9 Å². The molecule has 254 valence electrons. The van der Waals surface area contributed by atoms with Crippen molar-refractivity contribution in [3.63, 3.8) is 0 Å². The summed E-state index contributed by atoms with van der Waals surface area (Å²) in [7, 11) is 1.40. The Morgan fingerprint density at radius 1 is 0.938 bits per heavy atom. The second kappa shape index (κ2) is 14.7. The average molecular weight is 787 g/mol. The minimum Gasteiger partial charge on any atom is -0.493 e. The number of hydrogen-bond donors (Lipinski definition) is 1. The van der Waals surface area contributed by atoms with Crippen molar-refractivity contribution in [2.45, 2.75) is 50.7 Å². The highest BCUT2D eigenvalue weighted by Gasteiger charge is 2.51. The van der Waals surface area contributed by atoms with Crippen molar-refractivity contribution in [2.75, 3.05) is 27.9 Å². The number of aromatic nitrogens is 2. The molecule has 5 rings (SSSR count). The van der Waals surface area contributed by atoms with E-state index in [0.29, 0.717) is 20.8 Å². The zero-order chi connectivity index (χ0) is 34.6. The highest BCUT2D eigenvalue weighted by Crippen LogP contribution is 2.40. The number of esters is 1. The molecule has 48 heavy (non-hydrogen) atoms. The van der Waals surface area contributed by atoms with E-state index in [1.165, 1.54) is 44.2 Å². The first-order valence-electron chi connectivity index (χ1n) is 15.4. The van der Waals surface area contributed by atoms with Gasteiger partial charge in [0.05, 0.1) is 37.1 Å². The number of halogens is 1. The Balaban J connectivity index is 1.53. The number of ether oxygens (including phenoxy) is 5. The van der Waals surface area contributed by atoms with Crippen LogP contribution in [-0.4, -0.2) is 64.0 Å². The van der Waals surface area contributed by atoms with E-state index < -0.39 is 44.0 Å². The van der Waals surface area contributed by atoms with Crippen LogP contribution in [0.4, 0.5) is 0 Å². The van der Waals surface area contributed by atoms with Gasteiger partial charge in [-0.05, 0) is 50.1 Å². The molecule has 0 radical (unpaired) electrons. The van der Waals surface area contributed by atoms with Crippen LogP contribution in [0.2, 0.25) is 5.04 Å². The van der Waals surface area contributed by atoms with E-state index in [-0.39, 0.29) is 23.6 Å². The summed E-state index contributed by atoms with van der Waals surface area (Å²) in [4.78, 5) is 41.1. The van der Waals surface area contributed by atoms with Gasteiger partial charge in [-0.1, -0.05) is 81.4 Å². The number of nitrogens with one attached hydrogen (secondary N) is 1. The Hall–Kier alpha value is -3.92. The molecule has 1 aliphatic rings. The first-order valence-corrected chi connectivity index (χ1v) is 18.3. The summed E-state index contributed by atoms with van der Waals surface area (Å²) in [5, 5.41) is 1.84. The molecule has 0 saturated carbocycles. The Bertz CT molecular complexity index is 1790. The summed E-state index contributed by atoms with van der Waals surface area (Å²) in [5.41, 5.74) is -0.948. The highest BCUT2D eigenvalue weighted by atomic mass is 127. The molecule has 1 saturated heterocycles. The molecule has 0 spiro atoms. The molecule has 1 fully saturated rings. The van der Waals surface area contributed by atoms with Crippen LogP contribution in [0, 0.1) is 3.57 Å². The topological polar surface area (TPSA) is 127 Å². The second-order valence-corrected chi connectivity index (χ2v) is 17.8. The number of rotatable bonds is 11. The van der Waals surface area contributed by atoms with E-state index in [0.717, 1.165) is 10.4 Å². The van der Waals surface area contributed by atoms with Crippen LogP contribution in [-0.2, 0) is 13.9 Å². The van der Waals surface area contributed by atoms with Gasteiger partial charge in [0.15, 0.2) is 11.5 Å². The summed E-state index contributed by atoms with van der Waals surface area (Å²) >= 11 is 1.86. The quantitative estimate of drug-likeness (QED) is 0.135. The molecule has 0 aliphatic carbocycles. The number of methoxy groups -OCH3 is 3. The van der Waals surface area contributed by atoms with E-state index in [1.807, 2.05) is 59.0 Å². The first-order chi connectivity index (χ1) is 22.9. The molecule has 0 unspecified atom stereocenters. The third-order valence-electron chi connectivity index (χ3n) is 8.45. The van der Waals surface area contributed by atoms with Crippen LogP contribution in [0.15, 0.2) is 88.6 Å². The molecule has 3 aromatic carbocycles. The minimum absolute atomic E-state index is 0.0617. The third-order valence-corrected chi connectivity index (χ3v) is 14.2. The Morgan fingerprint density at radius 3 is 2.00 bits per heavy atom. The maximum Gasteiger partial charge on any atom is 0.338 e. The summed E-state index contributed by atoms with van der Waals surface area (Å²) in [6.07, 6.45) is -0.855. The molecule has 0 bridgehead atoms. The van der Waals surface area contributed by atoms with Gasteiger partial charge in [0.2, 0.25) is 5.75 Å². The predicted octanol–water partition coefficient (Wildman–Crippen LogP) is 4.26. The fourth-order valence-electron chi connectivity index (χ4n) is 6.19. The largest absolute Gasteiger partial charge is 0.493 e. The van der Waals surface area contributed by atoms with Crippen molar-refractivity contribution in [3.05, 3.63) is 109 Å². The number of aromatic amines is 1. The summed E-state index contributed by atoms with van der Waals surface area (Å²) in [6.45, 7) is 6.57. The lowest BCUT2D eigenvalue weighted by atomic mass is 10.1. The normalized spacial score (nSPS) is 17.9. The molecule has 3 atom stereocenters. The van der Waals surface area contributed by atoms with Gasteiger partial charge in [-0.25, -0.2) is 9.59 Å². The molecular weight excluding hydrogens is 747 g/mol. The van der Waals surface area contributed by atoms with Crippen LogP contribution in [0.3, 0.4) is 0 Å². The van der Waals surface area contributed by atoms with Crippen molar-refractivity contribution in [3.8, 4) is 17.2 Å². The standard InChI is InChI=1S/C35H39IN2O9Si/c1-35(2,3)48(23-13-9-7-10-14-23,24-15-11-8-12-16-24)45-21-29-26(19-30(46-29)38-20-25(36)32(39)37-34(38)41)47-33(40)22-17-27(42-4)31(44-6)28(18-22)43-5/h7-18,20,26,29-30H,19,21H2,1-6H3,(H,37,39,41)/t26-,29+,30+/m0/s1. The van der Waals surface area contributed by atoms with E-state index in [2.05, 4.69) is 50.0 Å². The summed E-state index contributed by atoms with van der Waals surface area (Å²) < 4.78 is 37.6. The van der Waals surface area contributed by atoms with Gasteiger partial charge in [-0.15, -0.1) is 0 Å². The fraction of sp³-hybridized carbons (Fsp3) is 0.343. The monoisotopic (exact) mass is 786 g/mol. The van der Waals surface area contributed by atoms with E-state index in [4.69, 9.17) is 28.1 Å². The fourth-order valence-corrected chi connectivity index (χ4v) is 11.2. The highest BCUT2D eigenvalue weighted by molar-refractivity contribution is 14.1. The van der Waals surface area contributed by atoms with E-state index in [9.17, 15) is 14.4 Å². The molecule has 11 nitrogen and oxygen atoms in total. The van der Waals surface area contributed by atoms with Crippen LogP contribution in [0.25, 0.3) is 0 Å². The number of H-pyrrole nitrogens is 1. The van der Waals surface area contributed by atoms with Gasteiger partial charge in [-0.3, -0.25) is 14.3 Å². The van der Waals surface area contributed by atoms with Crippen LogP contribution in [0.1, 0.15) is 43.8 Å². The molecule has 1 aliphatic heterocycles. The van der Waals surface area contributed by atoms with Crippen LogP contribution in [0.5, 0.6) is 17.2 Å². The number of nitrogens with zero attached hydrogens (tertiary/aromatic N) is 1. The maximum atomic E-state index is 13.7. The lowest BCUT2D eigenvalue weighted by molar-refractivity contribution is -0.0493. The van der Waals surface area contributed by atoms with Crippen molar-refractivity contribution >= 4 is 47.3 Å². The lowest BCUT2D eigenvalue weighted by Gasteiger charge is -2.43. The number of benzene rings is 3. The third kappa shape index (κ3) is 6.95. The Kier molecular flexibility index (Phi) is 10.8. The van der Waals surface area contributed by atoms with E-state index >= 15 is 0 Å². The van der Waals surface area contributed by atoms with Crippen molar-refractivity contribution in [1.29, 1.82) is 0 Å².